The molecule has 0 aliphatic heterocycles. The van der Waals surface area contributed by atoms with E-state index in [-0.39, 0.29) is 41.1 Å². The first-order valence-electron chi connectivity index (χ1n) is 9.33. The fourth-order valence-corrected chi connectivity index (χ4v) is 7.90. The Hall–Kier alpha value is -1.35. The van der Waals surface area contributed by atoms with Gasteiger partial charge in [-0.3, -0.25) is 9.59 Å². The van der Waals surface area contributed by atoms with Gasteiger partial charge >= 0.3 is 0 Å². The molecule has 0 amide bonds. The Balaban J connectivity index is 1.37. The van der Waals surface area contributed by atoms with Gasteiger partial charge in [-0.2, -0.15) is 11.3 Å². The lowest BCUT2D eigenvalue weighted by molar-refractivity contribution is -0.123. The first-order valence-corrected chi connectivity index (χ1v) is 12.7. The van der Waals surface area contributed by atoms with Crippen LogP contribution in [0.15, 0.2) is 29.0 Å². The van der Waals surface area contributed by atoms with Crippen LogP contribution in [0, 0.1) is 23.2 Å². The summed E-state index contributed by atoms with van der Waals surface area (Å²) in [7, 11) is -3.49. The summed E-state index contributed by atoms with van der Waals surface area (Å²) in [6.45, 7) is 4.35. The van der Waals surface area contributed by atoms with E-state index in [9.17, 15) is 18.0 Å². The van der Waals surface area contributed by atoms with Crippen LogP contribution in [0.1, 0.15) is 46.8 Å². The van der Waals surface area contributed by atoms with Gasteiger partial charge in [0.15, 0.2) is 0 Å². The normalized spacial score (nSPS) is 26.1. The molecule has 2 aromatic rings. The van der Waals surface area contributed by atoms with Crippen LogP contribution in [0.5, 0.6) is 0 Å². The van der Waals surface area contributed by atoms with Crippen LogP contribution in [-0.2, 0) is 21.4 Å². The second-order valence-corrected chi connectivity index (χ2v) is 12.2. The first-order chi connectivity index (χ1) is 13.2. The smallest absolute Gasteiger partial charge is 0.212 e. The lowest BCUT2D eigenvalue weighted by Crippen LogP contribution is -2.35. The van der Waals surface area contributed by atoms with Gasteiger partial charge in [-0.15, -0.1) is 11.3 Å². The Morgan fingerprint density at radius 3 is 2.71 bits per heavy atom. The first kappa shape index (κ1) is 19.9. The zero-order valence-electron chi connectivity index (χ0n) is 15.8. The monoisotopic (exact) mass is 437 g/mol. The highest BCUT2D eigenvalue weighted by atomic mass is 32.2. The average molecular weight is 438 g/mol. The van der Waals surface area contributed by atoms with Gasteiger partial charge in [0.25, 0.3) is 0 Å². The van der Waals surface area contributed by atoms with Gasteiger partial charge in [0.1, 0.15) is 5.78 Å². The Labute approximate surface area is 173 Å². The third-order valence-electron chi connectivity index (χ3n) is 6.28. The van der Waals surface area contributed by atoms with Crippen LogP contribution in [-0.4, -0.2) is 25.7 Å². The Kier molecular flexibility index (Phi) is 5.10. The van der Waals surface area contributed by atoms with Gasteiger partial charge in [-0.25, -0.2) is 13.1 Å². The molecule has 3 atom stereocenters. The number of rotatable bonds is 7. The number of thiophene rings is 2. The number of carbonyl (C=O) groups is 2. The quantitative estimate of drug-likeness (QED) is 0.670. The minimum absolute atomic E-state index is 0.00456. The Morgan fingerprint density at radius 2 is 2.07 bits per heavy atom. The molecule has 0 saturated heterocycles. The Morgan fingerprint density at radius 1 is 1.29 bits per heavy atom. The predicted molar refractivity (Wildman–Crippen MR) is 111 cm³/mol. The molecule has 2 aliphatic carbocycles. The van der Waals surface area contributed by atoms with Crippen molar-refractivity contribution in [1.82, 2.24) is 4.72 Å². The number of carbonyl (C=O) groups excluding carboxylic acids is 2. The fraction of sp³-hybridized carbons (Fsp3) is 0.500. The van der Waals surface area contributed by atoms with E-state index in [1.54, 1.807) is 18.2 Å². The maximum Gasteiger partial charge on any atom is 0.212 e. The maximum absolute atomic E-state index is 12.6. The molecule has 0 aromatic carbocycles. The summed E-state index contributed by atoms with van der Waals surface area (Å²) >= 11 is 2.78. The van der Waals surface area contributed by atoms with Crippen molar-refractivity contribution >= 4 is 44.3 Å². The molecule has 1 N–H and O–H groups in total. The summed E-state index contributed by atoms with van der Waals surface area (Å²) in [6, 6.07) is 5.32. The lowest BCUT2D eigenvalue weighted by atomic mass is 9.80. The molecule has 2 heterocycles. The molecule has 150 valence electrons. The van der Waals surface area contributed by atoms with E-state index in [1.165, 1.54) is 22.7 Å². The van der Waals surface area contributed by atoms with Crippen molar-refractivity contribution in [3.63, 3.8) is 0 Å². The molecule has 2 saturated carbocycles. The number of fused-ring (bicyclic) bond motifs is 2. The van der Waals surface area contributed by atoms with Crippen LogP contribution in [0.25, 0.3) is 0 Å². The van der Waals surface area contributed by atoms with Crippen molar-refractivity contribution in [2.75, 3.05) is 5.75 Å². The van der Waals surface area contributed by atoms with Gasteiger partial charge in [-0.05, 0) is 47.3 Å². The van der Waals surface area contributed by atoms with E-state index < -0.39 is 10.0 Å². The summed E-state index contributed by atoms with van der Waals surface area (Å²) in [5.41, 5.74) is 0.560. The minimum Gasteiger partial charge on any atom is -0.299 e. The van der Waals surface area contributed by atoms with E-state index in [1.807, 2.05) is 10.8 Å². The Bertz CT molecular complexity index is 1000. The van der Waals surface area contributed by atoms with E-state index in [0.717, 1.165) is 11.3 Å². The zero-order chi connectivity index (χ0) is 20.1. The molecule has 5 nitrogen and oxygen atoms in total. The molecular formula is C20H23NO4S3. The predicted octanol–water partition coefficient (Wildman–Crippen LogP) is 3.71. The third-order valence-corrected chi connectivity index (χ3v) is 9.49. The number of nitrogens with one attached hydrogen (secondary N) is 1. The van der Waals surface area contributed by atoms with Crippen LogP contribution < -0.4 is 4.72 Å². The van der Waals surface area contributed by atoms with Gasteiger partial charge in [0.2, 0.25) is 15.8 Å². The number of sulfonamides is 1. The van der Waals surface area contributed by atoms with Crippen LogP contribution in [0.4, 0.5) is 0 Å². The van der Waals surface area contributed by atoms with Gasteiger partial charge in [0.05, 0.1) is 10.6 Å². The van der Waals surface area contributed by atoms with Crippen molar-refractivity contribution in [2.24, 2.45) is 23.2 Å². The second kappa shape index (κ2) is 7.16. The largest absolute Gasteiger partial charge is 0.299 e. The SMILES string of the molecule is CC1(C)C2CC(=O)C1C(CS(=O)(=O)NCc1ccc(C(=O)c3ccsc3)s1)C2. The number of Topliss-reactive ketones (excluding diaryl/α,β-unsaturated/α-hetero) is 1. The van der Waals surface area contributed by atoms with Crippen molar-refractivity contribution in [2.45, 2.75) is 33.2 Å². The summed E-state index contributed by atoms with van der Waals surface area (Å²) in [6.07, 6.45) is 1.40. The molecule has 0 radical (unpaired) electrons. The number of hydrogen-bond donors (Lipinski definition) is 1. The topological polar surface area (TPSA) is 80.3 Å². The maximum atomic E-state index is 12.6. The van der Waals surface area contributed by atoms with Crippen molar-refractivity contribution in [3.05, 3.63) is 44.3 Å². The van der Waals surface area contributed by atoms with E-state index in [2.05, 4.69) is 18.6 Å². The molecule has 2 fully saturated rings. The second-order valence-electron chi connectivity index (χ2n) is 8.37. The number of ketones is 2. The molecule has 2 aromatic heterocycles. The molecule has 0 spiro atoms. The van der Waals surface area contributed by atoms with E-state index >= 15 is 0 Å². The molecule has 28 heavy (non-hydrogen) atoms. The van der Waals surface area contributed by atoms with Gasteiger partial charge < -0.3 is 0 Å². The lowest BCUT2D eigenvalue weighted by Gasteiger charge is -2.25. The highest BCUT2D eigenvalue weighted by Gasteiger charge is 2.58. The van der Waals surface area contributed by atoms with E-state index in [0.29, 0.717) is 22.8 Å². The summed E-state index contributed by atoms with van der Waals surface area (Å²) in [5, 5.41) is 3.67. The van der Waals surface area contributed by atoms with Crippen molar-refractivity contribution in [3.8, 4) is 0 Å². The molecule has 2 aliphatic rings. The summed E-state index contributed by atoms with van der Waals surface area (Å²) < 4.78 is 27.8. The average Bonchev–Trinajstić information content (AvgIpc) is 3.36. The van der Waals surface area contributed by atoms with Crippen molar-refractivity contribution < 1.29 is 18.0 Å². The molecule has 2 bridgehead atoms. The van der Waals surface area contributed by atoms with Crippen LogP contribution in [0.2, 0.25) is 0 Å². The molecule has 8 heteroatoms. The van der Waals surface area contributed by atoms with Gasteiger partial charge in [-0.1, -0.05) is 13.8 Å². The molecular weight excluding hydrogens is 414 g/mol. The highest BCUT2D eigenvalue weighted by Crippen LogP contribution is 2.58. The zero-order valence-corrected chi connectivity index (χ0v) is 18.3. The minimum atomic E-state index is -3.49. The van der Waals surface area contributed by atoms with Gasteiger partial charge in [0, 0.05) is 34.7 Å². The highest BCUT2D eigenvalue weighted by molar-refractivity contribution is 7.89. The summed E-state index contributed by atoms with van der Waals surface area (Å²) in [4.78, 5) is 26.0. The van der Waals surface area contributed by atoms with Crippen molar-refractivity contribution in [1.29, 1.82) is 0 Å². The fourth-order valence-electron chi connectivity index (χ4n) is 4.88. The molecule has 3 unspecified atom stereocenters. The standard InChI is InChI=1S/C20H23NO4S3/c1-20(2)14-7-13(18(20)16(22)8-14)11-28(24,25)21-9-15-3-4-17(27-15)19(23)12-5-6-26-10-12/h3-6,10,13-14,18,21H,7-9,11H2,1-2H3. The molecule has 4 rings (SSSR count). The van der Waals surface area contributed by atoms with Crippen LogP contribution in [0.3, 0.4) is 0 Å². The van der Waals surface area contributed by atoms with E-state index in [4.69, 9.17) is 0 Å². The van der Waals surface area contributed by atoms with Crippen LogP contribution >= 0.6 is 22.7 Å². The summed E-state index contributed by atoms with van der Waals surface area (Å²) in [5.74, 6) is 0.228. The third kappa shape index (κ3) is 3.63. The number of hydrogen-bond acceptors (Lipinski definition) is 6.